The molecular formula is C65H41N5. The molecule has 0 saturated heterocycles. The van der Waals surface area contributed by atoms with E-state index in [-0.39, 0.29) is 0 Å². The molecule has 0 saturated carbocycles. The zero-order valence-corrected chi connectivity index (χ0v) is 37.9. The van der Waals surface area contributed by atoms with Crippen LogP contribution in [0.3, 0.4) is 0 Å². The summed E-state index contributed by atoms with van der Waals surface area (Å²) in [5.74, 6) is 1.82. The maximum absolute atomic E-state index is 5.49. The van der Waals surface area contributed by atoms with Crippen molar-refractivity contribution in [3.63, 3.8) is 0 Å². The highest BCUT2D eigenvalue weighted by Gasteiger charge is 2.24. The van der Waals surface area contributed by atoms with Crippen molar-refractivity contribution in [3.05, 3.63) is 249 Å². The number of para-hydroxylation sites is 3. The molecule has 0 fully saturated rings. The highest BCUT2D eigenvalue weighted by molar-refractivity contribution is 6.16. The highest BCUT2D eigenvalue weighted by Crippen LogP contribution is 2.45. The first kappa shape index (κ1) is 39.7. The van der Waals surface area contributed by atoms with Gasteiger partial charge < -0.3 is 9.13 Å². The summed E-state index contributed by atoms with van der Waals surface area (Å²) < 4.78 is 4.83. The van der Waals surface area contributed by atoms with Crippen molar-refractivity contribution in [1.82, 2.24) is 24.1 Å². The minimum atomic E-state index is 0.602. The van der Waals surface area contributed by atoms with Gasteiger partial charge in [0.15, 0.2) is 17.5 Å². The van der Waals surface area contributed by atoms with Gasteiger partial charge in [0.25, 0.3) is 0 Å². The fraction of sp³-hybridized carbons (Fsp3) is 0. The molecule has 11 aromatic carbocycles. The molecule has 3 heterocycles. The normalized spacial score (nSPS) is 11.7. The third kappa shape index (κ3) is 6.44. The fourth-order valence-electron chi connectivity index (χ4n) is 10.7. The van der Waals surface area contributed by atoms with Gasteiger partial charge in [0.2, 0.25) is 0 Å². The fourth-order valence-corrected chi connectivity index (χ4v) is 10.7. The van der Waals surface area contributed by atoms with Gasteiger partial charge in [0.05, 0.1) is 27.8 Å². The molecule has 5 heteroatoms. The summed E-state index contributed by atoms with van der Waals surface area (Å²) in [5, 5.41) is 9.34. The van der Waals surface area contributed by atoms with E-state index in [2.05, 4.69) is 240 Å². The SMILES string of the molecule is c1ccc(-c2ccc(-c3cc(-c4nc(-c5ccccc5)nc(-c5ccc6c7ccccc7n(-c7ccccc7)c6c5)n4)c4ccccc4c3-n3c4ccccc4c4cc5ccccc5cc43)cc2)cc1. The number of fused-ring (bicyclic) bond motifs is 8. The monoisotopic (exact) mass is 891 g/mol. The van der Waals surface area contributed by atoms with Crippen molar-refractivity contribution < 1.29 is 0 Å². The van der Waals surface area contributed by atoms with Gasteiger partial charge in [0.1, 0.15) is 0 Å². The summed E-state index contributed by atoms with van der Waals surface area (Å²) in [6.07, 6.45) is 0. The van der Waals surface area contributed by atoms with Crippen molar-refractivity contribution >= 4 is 65.2 Å². The van der Waals surface area contributed by atoms with Gasteiger partial charge in [-0.05, 0) is 81.4 Å². The topological polar surface area (TPSA) is 48.5 Å². The number of hydrogen-bond acceptors (Lipinski definition) is 3. The maximum Gasteiger partial charge on any atom is 0.164 e. The molecule has 70 heavy (non-hydrogen) atoms. The smallest absolute Gasteiger partial charge is 0.164 e. The molecule has 0 aliphatic rings. The number of rotatable bonds is 7. The quantitative estimate of drug-likeness (QED) is 0.160. The Hall–Kier alpha value is -9.45. The molecule has 14 aromatic rings. The Balaban J connectivity index is 1.06. The minimum Gasteiger partial charge on any atom is -0.309 e. The summed E-state index contributed by atoms with van der Waals surface area (Å²) in [7, 11) is 0. The van der Waals surface area contributed by atoms with Crippen LogP contribution in [0, 0.1) is 0 Å². The molecule has 0 aliphatic heterocycles. The van der Waals surface area contributed by atoms with Gasteiger partial charge in [0, 0.05) is 54.9 Å². The van der Waals surface area contributed by atoms with Crippen LogP contribution in [0.5, 0.6) is 0 Å². The standard InChI is InChI=1S/C65H41N5/c1-4-18-42(19-5-1)43-32-34-44(35-33-43)55-41-57(50-26-12-13-29-54(50)62(55)70-59-31-17-15-28-52(59)56-38-46-22-10-11-23-47(46)39-61(56)70)65-67-63(45-20-6-2-7-21-45)66-64(68-65)48-36-37-53-51-27-14-16-30-58(51)69(60(53)40-48)49-24-8-3-9-25-49/h1-41H. The molecule has 0 amide bonds. The molecule has 0 radical (unpaired) electrons. The third-order valence-corrected chi connectivity index (χ3v) is 13.9. The highest BCUT2D eigenvalue weighted by atomic mass is 15.0. The Bertz CT molecular complexity index is 4330. The van der Waals surface area contributed by atoms with E-state index >= 15 is 0 Å². The molecule has 0 atom stereocenters. The maximum atomic E-state index is 5.49. The lowest BCUT2D eigenvalue weighted by molar-refractivity contribution is 1.08. The zero-order valence-electron chi connectivity index (χ0n) is 37.9. The lowest BCUT2D eigenvalue weighted by Gasteiger charge is -2.20. The van der Waals surface area contributed by atoms with Crippen molar-refractivity contribution in [1.29, 1.82) is 0 Å². The Morgan fingerprint density at radius 2 is 0.714 bits per heavy atom. The van der Waals surface area contributed by atoms with Gasteiger partial charge in [-0.15, -0.1) is 0 Å². The van der Waals surface area contributed by atoms with Crippen LogP contribution in [0.1, 0.15) is 0 Å². The summed E-state index contributed by atoms with van der Waals surface area (Å²) in [6, 6.07) is 88.9. The minimum absolute atomic E-state index is 0.602. The summed E-state index contributed by atoms with van der Waals surface area (Å²) in [5.41, 5.74) is 14.0. The van der Waals surface area contributed by atoms with Crippen LogP contribution in [0.25, 0.3) is 133 Å². The van der Waals surface area contributed by atoms with Gasteiger partial charge in [-0.1, -0.05) is 200 Å². The Labute approximate surface area is 403 Å². The second-order valence-corrected chi connectivity index (χ2v) is 18.0. The van der Waals surface area contributed by atoms with Crippen molar-refractivity contribution in [2.75, 3.05) is 0 Å². The van der Waals surface area contributed by atoms with Crippen LogP contribution in [0.4, 0.5) is 0 Å². The molecule has 14 rings (SSSR count). The Kier molecular flexibility index (Phi) is 9.14. The first-order valence-corrected chi connectivity index (χ1v) is 23.8. The summed E-state index contributed by atoms with van der Waals surface area (Å²) in [4.78, 5) is 16.2. The van der Waals surface area contributed by atoms with Gasteiger partial charge in [-0.3, -0.25) is 0 Å². The third-order valence-electron chi connectivity index (χ3n) is 13.9. The lowest BCUT2D eigenvalue weighted by Crippen LogP contribution is -2.03. The summed E-state index contributed by atoms with van der Waals surface area (Å²) in [6.45, 7) is 0. The van der Waals surface area contributed by atoms with Crippen LogP contribution < -0.4 is 0 Å². The number of nitrogens with zero attached hydrogens (tertiary/aromatic N) is 5. The van der Waals surface area contributed by atoms with Crippen LogP contribution in [0.2, 0.25) is 0 Å². The van der Waals surface area contributed by atoms with E-state index in [1.165, 1.54) is 37.9 Å². The van der Waals surface area contributed by atoms with Crippen LogP contribution in [-0.4, -0.2) is 24.1 Å². The largest absolute Gasteiger partial charge is 0.309 e. The van der Waals surface area contributed by atoms with Crippen LogP contribution in [0.15, 0.2) is 249 Å². The molecule has 5 nitrogen and oxygen atoms in total. The van der Waals surface area contributed by atoms with E-state index < -0.39 is 0 Å². The molecule has 0 unspecified atom stereocenters. The lowest BCUT2D eigenvalue weighted by atomic mass is 9.92. The molecule has 0 bridgehead atoms. The predicted octanol–water partition coefficient (Wildman–Crippen LogP) is 16.7. The van der Waals surface area contributed by atoms with E-state index in [1.807, 2.05) is 18.2 Å². The average molecular weight is 892 g/mol. The first-order valence-electron chi connectivity index (χ1n) is 23.8. The van der Waals surface area contributed by atoms with Gasteiger partial charge in [-0.25, -0.2) is 15.0 Å². The predicted molar refractivity (Wildman–Crippen MR) is 291 cm³/mol. The van der Waals surface area contributed by atoms with Gasteiger partial charge >= 0.3 is 0 Å². The number of aromatic nitrogens is 5. The van der Waals surface area contributed by atoms with Gasteiger partial charge in [-0.2, -0.15) is 0 Å². The second kappa shape index (κ2) is 16.1. The molecule has 0 aliphatic carbocycles. The second-order valence-electron chi connectivity index (χ2n) is 18.0. The van der Waals surface area contributed by atoms with E-state index in [1.54, 1.807) is 0 Å². The van der Waals surface area contributed by atoms with Crippen LogP contribution >= 0.6 is 0 Å². The van der Waals surface area contributed by atoms with E-state index in [0.717, 1.165) is 77.6 Å². The zero-order chi connectivity index (χ0) is 46.1. The van der Waals surface area contributed by atoms with Crippen molar-refractivity contribution in [3.8, 4) is 67.8 Å². The first-order chi connectivity index (χ1) is 34.7. The molecule has 3 aromatic heterocycles. The van der Waals surface area contributed by atoms with E-state index in [9.17, 15) is 0 Å². The molecule has 0 spiro atoms. The summed E-state index contributed by atoms with van der Waals surface area (Å²) >= 11 is 0. The number of hydrogen-bond donors (Lipinski definition) is 0. The van der Waals surface area contributed by atoms with Crippen molar-refractivity contribution in [2.24, 2.45) is 0 Å². The average Bonchev–Trinajstić information content (AvgIpc) is 3.94. The number of benzene rings is 11. The van der Waals surface area contributed by atoms with Crippen LogP contribution in [-0.2, 0) is 0 Å². The van der Waals surface area contributed by atoms with E-state index in [0.29, 0.717) is 17.5 Å². The Morgan fingerprint density at radius 1 is 0.243 bits per heavy atom. The Morgan fingerprint density at radius 3 is 1.43 bits per heavy atom. The van der Waals surface area contributed by atoms with Crippen molar-refractivity contribution in [2.45, 2.75) is 0 Å². The molecule has 0 N–H and O–H groups in total. The van der Waals surface area contributed by atoms with E-state index in [4.69, 9.17) is 15.0 Å². The molecular weight excluding hydrogens is 851 g/mol. The molecule has 326 valence electrons.